The molecular formula is C22H23BrF2N2O2. The summed E-state index contributed by atoms with van der Waals surface area (Å²) >= 11 is 3.16. The Kier molecular flexibility index (Phi) is 7.36. The number of rotatable bonds is 6. The average Bonchev–Trinajstić information content (AvgIpc) is 2.72. The van der Waals surface area contributed by atoms with Crippen LogP contribution in [0, 0.1) is 17.6 Å². The lowest BCUT2D eigenvalue weighted by Crippen LogP contribution is -2.46. The predicted molar refractivity (Wildman–Crippen MR) is 110 cm³/mol. The lowest BCUT2D eigenvalue weighted by atomic mass is 9.96. The van der Waals surface area contributed by atoms with Gasteiger partial charge in [0.05, 0.1) is 16.8 Å². The van der Waals surface area contributed by atoms with Crippen molar-refractivity contribution < 1.29 is 18.4 Å². The maximum absolute atomic E-state index is 13.3. The molecule has 1 unspecified atom stereocenters. The summed E-state index contributed by atoms with van der Waals surface area (Å²) in [7, 11) is 0. The number of likely N-dealkylation sites (tertiary alicyclic amines) is 1. The van der Waals surface area contributed by atoms with Crippen LogP contribution in [0.4, 0.5) is 8.78 Å². The van der Waals surface area contributed by atoms with Gasteiger partial charge in [-0.2, -0.15) is 0 Å². The van der Waals surface area contributed by atoms with Gasteiger partial charge in [0.25, 0.3) is 0 Å². The van der Waals surface area contributed by atoms with Crippen LogP contribution in [0.25, 0.3) is 0 Å². The first kappa shape index (κ1) is 21.4. The third kappa shape index (κ3) is 6.10. The van der Waals surface area contributed by atoms with Crippen molar-refractivity contribution in [1.29, 1.82) is 0 Å². The molecule has 1 atom stereocenters. The van der Waals surface area contributed by atoms with E-state index in [0.717, 1.165) is 24.0 Å². The normalized spacial score (nSPS) is 16.5. The Morgan fingerprint density at radius 2 is 1.83 bits per heavy atom. The summed E-state index contributed by atoms with van der Waals surface area (Å²) in [5.41, 5.74) is 1.69. The molecular weight excluding hydrogens is 442 g/mol. The minimum Gasteiger partial charge on any atom is -0.355 e. The van der Waals surface area contributed by atoms with Crippen LogP contribution >= 0.6 is 15.9 Å². The highest BCUT2D eigenvalue weighted by Crippen LogP contribution is 2.19. The maximum Gasteiger partial charge on any atom is 0.227 e. The standard InChI is InChI=1S/C22H23BrF2N2O2/c23-19-12-16(5-8-20(19)25)9-10-26-22(29)17-2-1-11-27(14-17)21(28)13-15-3-6-18(24)7-4-15/h3-8,12,17H,1-2,9-11,13-14H2,(H,26,29). The maximum atomic E-state index is 13.3. The first-order valence-electron chi connectivity index (χ1n) is 9.66. The van der Waals surface area contributed by atoms with Crippen molar-refractivity contribution in [3.63, 3.8) is 0 Å². The molecule has 0 aromatic heterocycles. The van der Waals surface area contributed by atoms with Crippen molar-refractivity contribution in [2.24, 2.45) is 5.92 Å². The van der Waals surface area contributed by atoms with Crippen LogP contribution in [0.1, 0.15) is 24.0 Å². The summed E-state index contributed by atoms with van der Waals surface area (Å²) in [6, 6.07) is 10.7. The molecule has 29 heavy (non-hydrogen) atoms. The van der Waals surface area contributed by atoms with E-state index in [4.69, 9.17) is 0 Å². The molecule has 0 radical (unpaired) electrons. The Hall–Kier alpha value is -2.28. The van der Waals surface area contributed by atoms with Gasteiger partial charge in [0.2, 0.25) is 11.8 Å². The molecule has 0 spiro atoms. The van der Waals surface area contributed by atoms with E-state index >= 15 is 0 Å². The average molecular weight is 465 g/mol. The molecule has 0 aliphatic carbocycles. The number of amides is 2. The number of benzene rings is 2. The molecule has 4 nitrogen and oxygen atoms in total. The number of nitrogens with zero attached hydrogens (tertiary/aromatic N) is 1. The molecule has 7 heteroatoms. The highest BCUT2D eigenvalue weighted by molar-refractivity contribution is 9.10. The lowest BCUT2D eigenvalue weighted by molar-refractivity contribution is -0.135. The molecule has 2 aromatic carbocycles. The van der Waals surface area contributed by atoms with E-state index in [0.29, 0.717) is 30.5 Å². The summed E-state index contributed by atoms with van der Waals surface area (Å²) in [4.78, 5) is 26.8. The number of nitrogens with one attached hydrogen (secondary N) is 1. The SMILES string of the molecule is O=C(NCCc1ccc(F)c(Br)c1)C1CCCN(C(=O)Cc2ccc(F)cc2)C1. The van der Waals surface area contributed by atoms with Crippen molar-refractivity contribution in [1.82, 2.24) is 10.2 Å². The largest absolute Gasteiger partial charge is 0.355 e. The van der Waals surface area contributed by atoms with Crippen LogP contribution in [0.3, 0.4) is 0 Å². The first-order chi connectivity index (χ1) is 13.9. The van der Waals surface area contributed by atoms with Crippen LogP contribution in [-0.4, -0.2) is 36.3 Å². The fourth-order valence-electron chi connectivity index (χ4n) is 3.48. The second-order valence-corrected chi connectivity index (χ2v) is 8.13. The first-order valence-corrected chi connectivity index (χ1v) is 10.5. The minimum atomic E-state index is -0.330. The zero-order valence-corrected chi connectivity index (χ0v) is 17.6. The Morgan fingerprint density at radius 3 is 2.55 bits per heavy atom. The molecule has 154 valence electrons. The third-order valence-corrected chi connectivity index (χ3v) is 5.72. The fraction of sp³-hybridized carbons (Fsp3) is 0.364. The Bertz CT molecular complexity index is 874. The molecule has 1 saturated heterocycles. The van der Waals surface area contributed by atoms with Crippen LogP contribution in [-0.2, 0) is 22.4 Å². The van der Waals surface area contributed by atoms with Gasteiger partial charge in [-0.25, -0.2) is 8.78 Å². The molecule has 3 rings (SSSR count). The van der Waals surface area contributed by atoms with Gasteiger partial charge in [-0.05, 0) is 70.6 Å². The zero-order chi connectivity index (χ0) is 20.8. The Balaban J connectivity index is 1.47. The Morgan fingerprint density at radius 1 is 1.10 bits per heavy atom. The molecule has 0 saturated carbocycles. The summed E-state index contributed by atoms with van der Waals surface area (Å²) in [5, 5.41) is 2.92. The second kappa shape index (κ2) is 9.96. The van der Waals surface area contributed by atoms with Gasteiger partial charge < -0.3 is 10.2 Å². The van der Waals surface area contributed by atoms with Gasteiger partial charge in [0.1, 0.15) is 11.6 Å². The van der Waals surface area contributed by atoms with Gasteiger partial charge in [-0.3, -0.25) is 9.59 Å². The number of carbonyl (C=O) groups excluding carboxylic acids is 2. The minimum absolute atomic E-state index is 0.0507. The molecule has 2 amide bonds. The van der Waals surface area contributed by atoms with Gasteiger partial charge in [-0.1, -0.05) is 18.2 Å². The van der Waals surface area contributed by atoms with Crippen LogP contribution in [0.2, 0.25) is 0 Å². The van der Waals surface area contributed by atoms with Crippen molar-refractivity contribution in [2.75, 3.05) is 19.6 Å². The van der Waals surface area contributed by atoms with Crippen molar-refractivity contribution in [3.05, 3.63) is 69.7 Å². The van der Waals surface area contributed by atoms with E-state index in [9.17, 15) is 18.4 Å². The molecule has 1 aliphatic rings. The van der Waals surface area contributed by atoms with Gasteiger partial charge in [0, 0.05) is 19.6 Å². The molecule has 0 bridgehead atoms. The molecule has 1 heterocycles. The number of carbonyl (C=O) groups is 2. The lowest BCUT2D eigenvalue weighted by Gasteiger charge is -2.32. The summed E-state index contributed by atoms with van der Waals surface area (Å²) in [5.74, 6) is -0.995. The van der Waals surface area contributed by atoms with Gasteiger partial charge >= 0.3 is 0 Å². The number of hydrogen-bond donors (Lipinski definition) is 1. The zero-order valence-electron chi connectivity index (χ0n) is 16.0. The van der Waals surface area contributed by atoms with Crippen LogP contribution < -0.4 is 5.32 Å². The second-order valence-electron chi connectivity index (χ2n) is 7.27. The topological polar surface area (TPSA) is 49.4 Å². The molecule has 2 aromatic rings. The summed E-state index contributed by atoms with van der Waals surface area (Å²) in [6.45, 7) is 1.48. The predicted octanol–water partition coefficient (Wildman–Crippen LogP) is 3.87. The van der Waals surface area contributed by atoms with Gasteiger partial charge in [0.15, 0.2) is 0 Å². The molecule has 1 aliphatic heterocycles. The van der Waals surface area contributed by atoms with E-state index in [1.165, 1.54) is 18.2 Å². The number of hydrogen-bond acceptors (Lipinski definition) is 2. The third-order valence-electron chi connectivity index (χ3n) is 5.11. The molecule has 1 N–H and O–H groups in total. The van der Waals surface area contributed by atoms with E-state index in [1.807, 2.05) is 0 Å². The summed E-state index contributed by atoms with van der Waals surface area (Å²) < 4.78 is 26.7. The smallest absolute Gasteiger partial charge is 0.227 e. The highest BCUT2D eigenvalue weighted by atomic mass is 79.9. The fourth-order valence-corrected chi connectivity index (χ4v) is 3.90. The van der Waals surface area contributed by atoms with Crippen molar-refractivity contribution in [3.8, 4) is 0 Å². The van der Waals surface area contributed by atoms with Crippen molar-refractivity contribution in [2.45, 2.75) is 25.7 Å². The number of piperidine rings is 1. The van der Waals surface area contributed by atoms with E-state index in [1.54, 1.807) is 29.2 Å². The van der Waals surface area contributed by atoms with E-state index in [2.05, 4.69) is 21.2 Å². The Labute approximate surface area is 177 Å². The van der Waals surface area contributed by atoms with Crippen LogP contribution in [0.5, 0.6) is 0 Å². The van der Waals surface area contributed by atoms with E-state index < -0.39 is 0 Å². The van der Waals surface area contributed by atoms with Crippen LogP contribution in [0.15, 0.2) is 46.9 Å². The highest BCUT2D eigenvalue weighted by Gasteiger charge is 2.28. The monoisotopic (exact) mass is 464 g/mol. The number of halogens is 3. The van der Waals surface area contributed by atoms with Crippen molar-refractivity contribution >= 4 is 27.7 Å². The molecule has 1 fully saturated rings. The van der Waals surface area contributed by atoms with Gasteiger partial charge in [-0.15, -0.1) is 0 Å². The summed E-state index contributed by atoms with van der Waals surface area (Å²) in [6.07, 6.45) is 2.32. The van der Waals surface area contributed by atoms with E-state index in [-0.39, 0.29) is 35.8 Å². The quantitative estimate of drug-likeness (QED) is 0.705.